The number of likely N-dealkylation sites (N-methyl/N-ethyl adjacent to an activating group) is 1. The van der Waals surface area contributed by atoms with Gasteiger partial charge < -0.3 is 14.8 Å². The molecule has 0 fully saturated rings. The van der Waals surface area contributed by atoms with E-state index in [1.54, 1.807) is 14.2 Å². The molecule has 3 rings (SSSR count). The third kappa shape index (κ3) is 5.09. The van der Waals surface area contributed by atoms with Crippen LogP contribution in [-0.4, -0.2) is 43.6 Å². The van der Waals surface area contributed by atoms with Gasteiger partial charge in [-0.25, -0.2) is 4.98 Å². The second kappa shape index (κ2) is 9.34. The van der Waals surface area contributed by atoms with Gasteiger partial charge in [0.15, 0.2) is 16.6 Å². The van der Waals surface area contributed by atoms with Crippen LogP contribution >= 0.6 is 11.3 Å². The molecule has 0 aliphatic heterocycles. The predicted octanol–water partition coefficient (Wildman–Crippen LogP) is 3.90. The number of hydrogen-bond donors (Lipinski definition) is 1. The zero-order valence-corrected chi connectivity index (χ0v) is 17.0. The molecule has 0 saturated heterocycles. The number of anilines is 1. The molecule has 7 heteroatoms. The van der Waals surface area contributed by atoms with Gasteiger partial charge in [0.05, 0.1) is 26.5 Å². The Hall–Kier alpha value is -2.90. The van der Waals surface area contributed by atoms with E-state index in [-0.39, 0.29) is 5.91 Å². The Balaban J connectivity index is 1.60. The van der Waals surface area contributed by atoms with Crippen molar-refractivity contribution < 1.29 is 14.3 Å². The number of benzene rings is 2. The molecular formula is C21H23N3O3S. The van der Waals surface area contributed by atoms with Gasteiger partial charge in [-0.15, -0.1) is 11.3 Å². The van der Waals surface area contributed by atoms with Crippen LogP contribution in [0.25, 0.3) is 11.3 Å². The van der Waals surface area contributed by atoms with Crippen LogP contribution in [0.1, 0.15) is 5.56 Å². The molecule has 6 nitrogen and oxygen atoms in total. The number of thiazole rings is 1. The van der Waals surface area contributed by atoms with Gasteiger partial charge in [0.25, 0.3) is 0 Å². The summed E-state index contributed by atoms with van der Waals surface area (Å²) in [6, 6.07) is 15.7. The summed E-state index contributed by atoms with van der Waals surface area (Å²) >= 11 is 1.39. The zero-order chi connectivity index (χ0) is 19.9. The average Bonchev–Trinajstić information content (AvgIpc) is 3.16. The lowest BCUT2D eigenvalue weighted by atomic mass is 10.1. The molecule has 28 heavy (non-hydrogen) atoms. The number of nitrogens with zero attached hydrogens (tertiary/aromatic N) is 2. The highest BCUT2D eigenvalue weighted by molar-refractivity contribution is 7.14. The molecule has 1 heterocycles. The minimum absolute atomic E-state index is 0.0911. The minimum atomic E-state index is -0.0911. The van der Waals surface area contributed by atoms with Crippen LogP contribution in [-0.2, 0) is 11.3 Å². The highest BCUT2D eigenvalue weighted by atomic mass is 32.1. The fraction of sp³-hybridized carbons (Fsp3) is 0.238. The molecule has 1 aromatic heterocycles. The van der Waals surface area contributed by atoms with Crippen LogP contribution in [0.3, 0.4) is 0 Å². The molecule has 0 saturated carbocycles. The fourth-order valence-electron chi connectivity index (χ4n) is 2.81. The summed E-state index contributed by atoms with van der Waals surface area (Å²) in [5.41, 5.74) is 2.84. The Morgan fingerprint density at radius 2 is 1.86 bits per heavy atom. The Kier molecular flexibility index (Phi) is 6.62. The van der Waals surface area contributed by atoms with E-state index in [2.05, 4.69) is 10.3 Å². The summed E-state index contributed by atoms with van der Waals surface area (Å²) in [7, 11) is 5.12. The van der Waals surface area contributed by atoms with Crippen molar-refractivity contribution in [1.82, 2.24) is 9.88 Å². The van der Waals surface area contributed by atoms with Crippen molar-refractivity contribution in [3.8, 4) is 22.8 Å². The SMILES string of the molecule is COc1ccc(-c2csc(NC(=O)CN(C)Cc3ccccc3)n2)cc1OC. The van der Waals surface area contributed by atoms with Gasteiger partial charge in [-0.3, -0.25) is 9.69 Å². The van der Waals surface area contributed by atoms with Crippen LogP contribution in [0, 0.1) is 0 Å². The van der Waals surface area contributed by atoms with E-state index in [1.807, 2.05) is 65.9 Å². The van der Waals surface area contributed by atoms with Crippen molar-refractivity contribution in [2.75, 3.05) is 33.1 Å². The molecule has 0 atom stereocenters. The lowest BCUT2D eigenvalue weighted by Crippen LogP contribution is -2.29. The van der Waals surface area contributed by atoms with E-state index in [1.165, 1.54) is 16.9 Å². The number of amides is 1. The molecule has 3 aromatic rings. The maximum absolute atomic E-state index is 12.3. The third-order valence-corrected chi connectivity index (χ3v) is 4.90. The molecule has 1 N–H and O–H groups in total. The molecule has 0 aliphatic carbocycles. The Morgan fingerprint density at radius 1 is 1.11 bits per heavy atom. The van der Waals surface area contributed by atoms with Gasteiger partial charge in [-0.2, -0.15) is 0 Å². The van der Waals surface area contributed by atoms with Crippen LogP contribution in [0.5, 0.6) is 11.5 Å². The molecule has 0 spiro atoms. The molecule has 146 valence electrons. The van der Waals surface area contributed by atoms with Gasteiger partial charge in [-0.05, 0) is 30.8 Å². The Bertz CT molecular complexity index is 928. The van der Waals surface area contributed by atoms with Gasteiger partial charge in [0.1, 0.15) is 0 Å². The van der Waals surface area contributed by atoms with Gasteiger partial charge in [-0.1, -0.05) is 30.3 Å². The lowest BCUT2D eigenvalue weighted by Gasteiger charge is -2.15. The van der Waals surface area contributed by atoms with Crippen molar-refractivity contribution in [3.05, 3.63) is 59.5 Å². The van der Waals surface area contributed by atoms with Crippen LogP contribution in [0.15, 0.2) is 53.9 Å². The molecule has 0 unspecified atom stereocenters. The van der Waals surface area contributed by atoms with E-state index in [9.17, 15) is 4.79 Å². The zero-order valence-electron chi connectivity index (χ0n) is 16.1. The topological polar surface area (TPSA) is 63.7 Å². The van der Waals surface area contributed by atoms with E-state index in [0.717, 1.165) is 11.3 Å². The molecule has 0 radical (unpaired) electrons. The van der Waals surface area contributed by atoms with Crippen LogP contribution < -0.4 is 14.8 Å². The van der Waals surface area contributed by atoms with E-state index in [4.69, 9.17) is 9.47 Å². The van der Waals surface area contributed by atoms with E-state index in [0.29, 0.717) is 29.7 Å². The first-order chi connectivity index (χ1) is 13.6. The lowest BCUT2D eigenvalue weighted by molar-refractivity contribution is -0.117. The number of nitrogens with one attached hydrogen (secondary N) is 1. The van der Waals surface area contributed by atoms with Crippen molar-refractivity contribution >= 4 is 22.4 Å². The third-order valence-electron chi connectivity index (χ3n) is 4.14. The first kappa shape index (κ1) is 19.9. The second-order valence-corrected chi connectivity index (χ2v) is 7.17. The van der Waals surface area contributed by atoms with Crippen LogP contribution in [0.2, 0.25) is 0 Å². The van der Waals surface area contributed by atoms with Crippen molar-refractivity contribution in [1.29, 1.82) is 0 Å². The first-order valence-electron chi connectivity index (χ1n) is 8.79. The maximum atomic E-state index is 12.3. The van der Waals surface area contributed by atoms with Gasteiger partial charge in [0.2, 0.25) is 5.91 Å². The molecule has 0 aliphatic rings. The number of hydrogen-bond acceptors (Lipinski definition) is 6. The second-order valence-electron chi connectivity index (χ2n) is 6.31. The number of rotatable bonds is 8. The highest BCUT2D eigenvalue weighted by Crippen LogP contribution is 2.33. The van der Waals surface area contributed by atoms with Crippen molar-refractivity contribution in [3.63, 3.8) is 0 Å². The highest BCUT2D eigenvalue weighted by Gasteiger charge is 2.12. The maximum Gasteiger partial charge on any atom is 0.240 e. The number of ether oxygens (including phenoxy) is 2. The Morgan fingerprint density at radius 3 is 2.57 bits per heavy atom. The van der Waals surface area contributed by atoms with Crippen molar-refractivity contribution in [2.45, 2.75) is 6.54 Å². The first-order valence-corrected chi connectivity index (χ1v) is 9.67. The summed E-state index contributed by atoms with van der Waals surface area (Å²) in [5, 5.41) is 5.35. The largest absolute Gasteiger partial charge is 0.493 e. The molecule has 2 aromatic carbocycles. The minimum Gasteiger partial charge on any atom is -0.493 e. The summed E-state index contributed by atoms with van der Waals surface area (Å²) in [4.78, 5) is 18.8. The predicted molar refractivity (Wildman–Crippen MR) is 112 cm³/mol. The number of carbonyl (C=O) groups is 1. The number of methoxy groups -OCH3 is 2. The van der Waals surface area contributed by atoms with Crippen LogP contribution in [0.4, 0.5) is 5.13 Å². The summed E-state index contributed by atoms with van der Waals surface area (Å²) in [6.45, 7) is 1.00. The summed E-state index contributed by atoms with van der Waals surface area (Å²) in [6.07, 6.45) is 0. The summed E-state index contributed by atoms with van der Waals surface area (Å²) < 4.78 is 10.6. The quantitative estimate of drug-likeness (QED) is 0.625. The smallest absolute Gasteiger partial charge is 0.240 e. The monoisotopic (exact) mass is 397 g/mol. The normalized spacial score (nSPS) is 10.7. The van der Waals surface area contributed by atoms with E-state index >= 15 is 0 Å². The average molecular weight is 398 g/mol. The van der Waals surface area contributed by atoms with Crippen molar-refractivity contribution in [2.24, 2.45) is 0 Å². The molecular weight excluding hydrogens is 374 g/mol. The molecule has 0 bridgehead atoms. The molecule has 1 amide bonds. The fourth-order valence-corrected chi connectivity index (χ4v) is 3.55. The summed E-state index contributed by atoms with van der Waals surface area (Å²) in [5.74, 6) is 1.21. The number of aromatic nitrogens is 1. The Labute approximate surface area is 168 Å². The van der Waals surface area contributed by atoms with Gasteiger partial charge in [0, 0.05) is 17.5 Å². The van der Waals surface area contributed by atoms with Gasteiger partial charge >= 0.3 is 0 Å². The number of carbonyl (C=O) groups excluding carboxylic acids is 1. The standard InChI is InChI=1S/C21H23N3O3S/c1-24(12-15-7-5-4-6-8-15)13-20(25)23-21-22-17(14-28-21)16-9-10-18(26-2)19(11-16)27-3/h4-11,14H,12-13H2,1-3H3,(H,22,23,25). The van der Waals surface area contributed by atoms with E-state index < -0.39 is 0 Å².